The highest BCUT2D eigenvalue weighted by Crippen LogP contribution is 2.16. The van der Waals surface area contributed by atoms with Gasteiger partial charge >= 0.3 is 0 Å². The molecule has 1 aliphatic heterocycles. The number of aromatic amines is 1. The van der Waals surface area contributed by atoms with E-state index in [9.17, 15) is 14.4 Å². The third-order valence-corrected chi connectivity index (χ3v) is 5.70. The molecule has 0 bridgehead atoms. The van der Waals surface area contributed by atoms with Crippen molar-refractivity contribution in [1.29, 1.82) is 0 Å². The molecule has 30 heavy (non-hydrogen) atoms. The number of aromatic nitrogens is 3. The number of nitrogens with zero attached hydrogens (tertiary/aromatic N) is 3. The lowest BCUT2D eigenvalue weighted by Crippen LogP contribution is -2.46. The Morgan fingerprint density at radius 2 is 1.83 bits per heavy atom. The van der Waals surface area contributed by atoms with E-state index in [1.807, 2.05) is 32.0 Å². The van der Waals surface area contributed by atoms with E-state index in [0.717, 1.165) is 11.1 Å². The summed E-state index contributed by atoms with van der Waals surface area (Å²) in [7, 11) is 0. The average molecular weight is 407 g/mol. The predicted octanol–water partition coefficient (Wildman–Crippen LogP) is 1.98. The summed E-state index contributed by atoms with van der Waals surface area (Å²) in [6.07, 6.45) is 3.03. The van der Waals surface area contributed by atoms with Crippen LogP contribution in [0.3, 0.4) is 0 Å². The molecule has 3 heterocycles. The molecule has 4 rings (SSSR count). The molecule has 2 N–H and O–H groups in total. The summed E-state index contributed by atoms with van der Waals surface area (Å²) in [4.78, 5) is 41.8. The van der Waals surface area contributed by atoms with Crippen molar-refractivity contribution in [3.05, 3.63) is 68.9 Å². The van der Waals surface area contributed by atoms with Gasteiger partial charge in [-0.05, 0) is 56.9 Å². The van der Waals surface area contributed by atoms with Gasteiger partial charge in [-0.3, -0.25) is 14.4 Å². The van der Waals surface area contributed by atoms with E-state index in [-0.39, 0.29) is 29.1 Å². The van der Waals surface area contributed by atoms with Gasteiger partial charge in [0.25, 0.3) is 17.4 Å². The van der Waals surface area contributed by atoms with Crippen molar-refractivity contribution in [1.82, 2.24) is 24.8 Å². The molecule has 0 aliphatic carbocycles. The molecule has 8 heteroatoms. The lowest BCUT2D eigenvalue weighted by molar-refractivity contribution is 0.0692. The Bertz CT molecular complexity index is 1190. The minimum atomic E-state index is -0.269. The molecular formula is C22H25N5O3. The van der Waals surface area contributed by atoms with E-state index in [1.54, 1.807) is 18.0 Å². The van der Waals surface area contributed by atoms with Gasteiger partial charge in [-0.25, -0.2) is 4.52 Å². The van der Waals surface area contributed by atoms with Crippen LogP contribution >= 0.6 is 0 Å². The summed E-state index contributed by atoms with van der Waals surface area (Å²) in [5, 5.41) is 7.34. The fourth-order valence-electron chi connectivity index (χ4n) is 3.77. The fraction of sp³-hybridized carbons (Fsp3) is 0.364. The molecule has 3 aromatic rings. The Morgan fingerprint density at radius 3 is 2.53 bits per heavy atom. The highest BCUT2D eigenvalue weighted by atomic mass is 16.2. The average Bonchev–Trinajstić information content (AvgIpc) is 3.14. The number of rotatable bonds is 3. The maximum Gasteiger partial charge on any atom is 0.274 e. The van der Waals surface area contributed by atoms with Gasteiger partial charge in [0, 0.05) is 42.7 Å². The monoisotopic (exact) mass is 407 g/mol. The second kappa shape index (κ2) is 7.78. The predicted molar refractivity (Wildman–Crippen MR) is 113 cm³/mol. The minimum Gasteiger partial charge on any atom is -0.349 e. The second-order valence-electron chi connectivity index (χ2n) is 7.96. The second-order valence-corrected chi connectivity index (χ2v) is 7.96. The van der Waals surface area contributed by atoms with Crippen molar-refractivity contribution in [2.75, 3.05) is 13.1 Å². The number of nitrogens with one attached hydrogen (secondary N) is 2. The molecule has 2 amide bonds. The van der Waals surface area contributed by atoms with E-state index in [0.29, 0.717) is 42.7 Å². The zero-order chi connectivity index (χ0) is 21.4. The van der Waals surface area contributed by atoms with Crippen LogP contribution in [0.2, 0.25) is 0 Å². The molecule has 0 spiro atoms. The normalized spacial score (nSPS) is 14.8. The van der Waals surface area contributed by atoms with Gasteiger partial charge in [-0.2, -0.15) is 5.10 Å². The van der Waals surface area contributed by atoms with Crippen LogP contribution in [0.1, 0.15) is 50.5 Å². The number of fused-ring (bicyclic) bond motifs is 1. The highest BCUT2D eigenvalue weighted by Gasteiger charge is 2.26. The van der Waals surface area contributed by atoms with Crippen LogP contribution in [0.15, 0.2) is 35.3 Å². The molecule has 2 aromatic heterocycles. The molecule has 0 atom stereocenters. The maximum absolute atomic E-state index is 12.8. The van der Waals surface area contributed by atoms with E-state index in [2.05, 4.69) is 15.4 Å². The first-order valence-electron chi connectivity index (χ1n) is 10.1. The van der Waals surface area contributed by atoms with Gasteiger partial charge in [0.2, 0.25) is 0 Å². The fourth-order valence-corrected chi connectivity index (χ4v) is 3.77. The lowest BCUT2D eigenvalue weighted by atomic mass is 10.0. The molecule has 8 nitrogen and oxygen atoms in total. The standard InChI is InChI=1S/C22H25N5O3/c1-13-4-5-16(10-14(13)2)20(28)24-17-6-8-26(9-7-17)22(30)18-11-19-21(29)23-15(3)12-27(19)25-18/h4-5,10-12,17H,6-9H2,1-3H3,(H,23,29)(H,24,28). The van der Waals surface area contributed by atoms with Crippen LogP contribution in [-0.4, -0.2) is 50.4 Å². The van der Waals surface area contributed by atoms with Crippen molar-refractivity contribution < 1.29 is 9.59 Å². The first kappa shape index (κ1) is 19.9. The van der Waals surface area contributed by atoms with Crippen LogP contribution in [0.25, 0.3) is 5.52 Å². The third kappa shape index (κ3) is 3.85. The topological polar surface area (TPSA) is 99.6 Å². The molecule has 1 saturated heterocycles. The van der Waals surface area contributed by atoms with E-state index in [1.165, 1.54) is 10.6 Å². The van der Waals surface area contributed by atoms with Gasteiger partial charge in [-0.15, -0.1) is 0 Å². The number of amides is 2. The number of hydrogen-bond acceptors (Lipinski definition) is 4. The van der Waals surface area contributed by atoms with Crippen LogP contribution in [0, 0.1) is 20.8 Å². The Hall–Kier alpha value is -3.42. The van der Waals surface area contributed by atoms with Crippen molar-refractivity contribution in [3.8, 4) is 0 Å². The van der Waals surface area contributed by atoms with Gasteiger partial charge in [-0.1, -0.05) is 6.07 Å². The van der Waals surface area contributed by atoms with Crippen molar-refractivity contribution in [2.24, 2.45) is 0 Å². The molecule has 1 fully saturated rings. The van der Waals surface area contributed by atoms with Gasteiger partial charge < -0.3 is 15.2 Å². The largest absolute Gasteiger partial charge is 0.349 e. The highest BCUT2D eigenvalue weighted by molar-refractivity contribution is 5.95. The Kier molecular flexibility index (Phi) is 5.15. The number of hydrogen-bond donors (Lipinski definition) is 2. The summed E-state index contributed by atoms with van der Waals surface area (Å²) in [5.41, 5.74) is 3.90. The number of piperidine rings is 1. The molecule has 1 aromatic carbocycles. The first-order valence-corrected chi connectivity index (χ1v) is 10.1. The Balaban J connectivity index is 1.39. The number of carbonyl (C=O) groups excluding carboxylic acids is 2. The molecule has 156 valence electrons. The lowest BCUT2D eigenvalue weighted by Gasteiger charge is -2.32. The van der Waals surface area contributed by atoms with Crippen LogP contribution < -0.4 is 10.9 Å². The van der Waals surface area contributed by atoms with Crippen LogP contribution in [0.5, 0.6) is 0 Å². The zero-order valence-corrected chi connectivity index (χ0v) is 17.4. The smallest absolute Gasteiger partial charge is 0.274 e. The Labute approximate surface area is 173 Å². The van der Waals surface area contributed by atoms with Gasteiger partial charge in [0.05, 0.1) is 0 Å². The first-order chi connectivity index (χ1) is 14.3. The summed E-state index contributed by atoms with van der Waals surface area (Å²) < 4.78 is 1.44. The van der Waals surface area contributed by atoms with E-state index in [4.69, 9.17) is 0 Å². The van der Waals surface area contributed by atoms with E-state index >= 15 is 0 Å². The number of likely N-dealkylation sites (tertiary alicyclic amines) is 1. The van der Waals surface area contributed by atoms with Gasteiger partial charge in [0.1, 0.15) is 5.52 Å². The number of aryl methyl sites for hydroxylation is 3. The molecule has 0 radical (unpaired) electrons. The summed E-state index contributed by atoms with van der Waals surface area (Å²) in [6, 6.07) is 7.23. The number of benzene rings is 1. The van der Waals surface area contributed by atoms with Crippen LogP contribution in [-0.2, 0) is 0 Å². The Morgan fingerprint density at radius 1 is 1.10 bits per heavy atom. The molecule has 1 aliphatic rings. The molecule has 0 unspecified atom stereocenters. The quantitative estimate of drug-likeness (QED) is 0.693. The van der Waals surface area contributed by atoms with Crippen LogP contribution in [0.4, 0.5) is 0 Å². The van der Waals surface area contributed by atoms with Gasteiger partial charge in [0.15, 0.2) is 5.69 Å². The zero-order valence-electron chi connectivity index (χ0n) is 17.4. The summed E-state index contributed by atoms with van der Waals surface area (Å²) in [6.45, 7) is 6.83. The summed E-state index contributed by atoms with van der Waals surface area (Å²) >= 11 is 0. The molecule has 0 saturated carbocycles. The minimum absolute atomic E-state index is 0.0229. The van der Waals surface area contributed by atoms with Crippen molar-refractivity contribution >= 4 is 17.3 Å². The SMILES string of the molecule is Cc1cn2nc(C(=O)N3CCC(NC(=O)c4ccc(C)c(C)c4)CC3)cc2c(=O)[nH]1. The third-order valence-electron chi connectivity index (χ3n) is 5.70. The number of carbonyl (C=O) groups is 2. The molecular weight excluding hydrogens is 382 g/mol. The van der Waals surface area contributed by atoms with Crippen molar-refractivity contribution in [2.45, 2.75) is 39.7 Å². The number of H-pyrrole nitrogens is 1. The maximum atomic E-state index is 12.8. The van der Waals surface area contributed by atoms with E-state index < -0.39 is 0 Å². The van der Waals surface area contributed by atoms with Crippen molar-refractivity contribution in [3.63, 3.8) is 0 Å². The summed E-state index contributed by atoms with van der Waals surface area (Å²) in [5.74, 6) is -0.285.